The average Bonchev–Trinajstić information content (AvgIpc) is 2.73. The Kier molecular flexibility index (Phi) is 1.78. The molecule has 1 aliphatic carbocycles. The molecule has 0 saturated carbocycles. The van der Waals surface area contributed by atoms with Crippen LogP contribution in [0.1, 0.15) is 16.9 Å². The largest absolute Gasteiger partial charge is 0.334 e. The molecule has 2 heterocycles. The van der Waals surface area contributed by atoms with Crippen molar-refractivity contribution in [3.05, 3.63) is 25.6 Å². The van der Waals surface area contributed by atoms with Crippen molar-refractivity contribution in [1.29, 1.82) is 0 Å². The number of aromatic amines is 1. The third kappa shape index (κ3) is 1.12. The van der Waals surface area contributed by atoms with Gasteiger partial charge >= 0.3 is 0 Å². The molecule has 3 rings (SSSR count). The zero-order valence-electron chi connectivity index (χ0n) is 7.87. The van der Waals surface area contributed by atoms with Gasteiger partial charge in [0, 0.05) is 4.88 Å². The number of aromatic nitrogens is 2. The lowest BCUT2D eigenvalue weighted by Gasteiger charge is -1.99. The predicted molar refractivity (Wildman–Crippen MR) is 63.4 cm³/mol. The van der Waals surface area contributed by atoms with E-state index in [4.69, 9.17) is 18.1 Å². The Balaban J connectivity index is 2.57. The molecule has 3 N–H and O–H groups in total. The third-order valence-corrected chi connectivity index (χ3v) is 4.30. The third-order valence-electron chi connectivity index (χ3n) is 2.79. The topological polar surface area (TPSA) is 63.8 Å². The fourth-order valence-electron chi connectivity index (χ4n) is 2.09. The van der Waals surface area contributed by atoms with Gasteiger partial charge in [0.05, 0.1) is 5.39 Å². The molecule has 0 saturated heterocycles. The van der Waals surface area contributed by atoms with Gasteiger partial charge in [0.2, 0.25) is 0 Å². The minimum absolute atomic E-state index is 0.173. The zero-order chi connectivity index (χ0) is 10.6. The zero-order valence-corrected chi connectivity index (χ0v) is 9.50. The summed E-state index contributed by atoms with van der Waals surface area (Å²) in [6.45, 7) is 0. The first-order chi connectivity index (χ1) is 7.18. The number of hydrogen-bond donors (Lipinski definition) is 2. The van der Waals surface area contributed by atoms with E-state index in [0.717, 1.165) is 34.2 Å². The molecule has 0 amide bonds. The van der Waals surface area contributed by atoms with Crippen LogP contribution in [0.15, 0.2) is 4.79 Å². The second-order valence-electron chi connectivity index (χ2n) is 3.67. The van der Waals surface area contributed by atoms with Crippen molar-refractivity contribution in [3.8, 4) is 0 Å². The van der Waals surface area contributed by atoms with Crippen molar-refractivity contribution in [2.24, 2.45) is 0 Å². The maximum absolute atomic E-state index is 11.9. The van der Waals surface area contributed by atoms with Crippen molar-refractivity contribution in [1.82, 2.24) is 9.66 Å². The van der Waals surface area contributed by atoms with Crippen LogP contribution in [0.3, 0.4) is 0 Å². The Morgan fingerprint density at radius 2 is 2.27 bits per heavy atom. The fourth-order valence-corrected chi connectivity index (χ4v) is 3.62. The van der Waals surface area contributed by atoms with Crippen LogP contribution in [-0.2, 0) is 12.8 Å². The van der Waals surface area contributed by atoms with Gasteiger partial charge in [-0.3, -0.25) is 4.79 Å². The molecule has 0 unspecified atom stereocenters. The molecular weight excluding hydrogens is 230 g/mol. The molecule has 0 aliphatic heterocycles. The summed E-state index contributed by atoms with van der Waals surface area (Å²) in [5.41, 5.74) is 0.999. The van der Waals surface area contributed by atoms with Gasteiger partial charge in [0.15, 0.2) is 4.77 Å². The van der Waals surface area contributed by atoms with Crippen LogP contribution in [0.25, 0.3) is 10.2 Å². The van der Waals surface area contributed by atoms with Crippen molar-refractivity contribution in [3.63, 3.8) is 0 Å². The minimum atomic E-state index is -0.173. The highest BCUT2D eigenvalue weighted by atomic mass is 32.1. The van der Waals surface area contributed by atoms with Gasteiger partial charge in [-0.25, -0.2) is 0 Å². The van der Waals surface area contributed by atoms with E-state index in [-0.39, 0.29) is 10.3 Å². The molecule has 1 aliphatic rings. The number of nitrogens with two attached hydrogens (primary N) is 1. The van der Waals surface area contributed by atoms with Crippen molar-refractivity contribution >= 4 is 33.8 Å². The Bertz CT molecular complexity index is 664. The van der Waals surface area contributed by atoms with Gasteiger partial charge in [-0.05, 0) is 37.0 Å². The Morgan fingerprint density at radius 1 is 1.47 bits per heavy atom. The molecule has 4 nitrogen and oxygen atoms in total. The summed E-state index contributed by atoms with van der Waals surface area (Å²) in [6.07, 6.45) is 3.19. The summed E-state index contributed by atoms with van der Waals surface area (Å²) < 4.78 is 1.30. The quantitative estimate of drug-likeness (QED) is 0.538. The van der Waals surface area contributed by atoms with Gasteiger partial charge in [-0.1, -0.05) is 0 Å². The fraction of sp³-hybridized carbons (Fsp3) is 0.333. The number of aryl methyl sites for hydroxylation is 2. The lowest BCUT2D eigenvalue weighted by molar-refractivity contribution is 0.887. The molecule has 0 aromatic carbocycles. The Labute approximate surface area is 94.3 Å². The average molecular weight is 239 g/mol. The molecule has 0 bridgehead atoms. The number of H-pyrrole nitrogens is 1. The number of nitrogens with one attached hydrogen (secondary N) is 1. The Hall–Kier alpha value is -1.14. The SMILES string of the molecule is Nn1c(=S)[nH]c2sc3c(c2c1=O)CCC3. The number of nitrogens with zero attached hydrogens (tertiary/aromatic N) is 1. The maximum atomic E-state index is 11.9. The van der Waals surface area contributed by atoms with Crippen LogP contribution in [0.2, 0.25) is 0 Å². The molecule has 78 valence electrons. The monoisotopic (exact) mass is 239 g/mol. The van der Waals surface area contributed by atoms with E-state index in [9.17, 15) is 4.79 Å². The molecule has 0 atom stereocenters. The highest BCUT2D eigenvalue weighted by molar-refractivity contribution is 7.71. The predicted octanol–water partition coefficient (Wildman–Crippen LogP) is 1.32. The molecule has 0 radical (unpaired) electrons. The van der Waals surface area contributed by atoms with Crippen LogP contribution < -0.4 is 11.4 Å². The lowest BCUT2D eigenvalue weighted by Crippen LogP contribution is -2.28. The summed E-state index contributed by atoms with van der Waals surface area (Å²) in [6, 6.07) is 0. The first-order valence-electron chi connectivity index (χ1n) is 4.73. The number of rotatable bonds is 0. The molecule has 6 heteroatoms. The van der Waals surface area contributed by atoms with Gasteiger partial charge in [0.1, 0.15) is 4.83 Å². The van der Waals surface area contributed by atoms with E-state index in [1.54, 1.807) is 11.3 Å². The smallest absolute Gasteiger partial charge is 0.281 e. The summed E-state index contributed by atoms with van der Waals surface area (Å²) in [7, 11) is 0. The molecule has 0 spiro atoms. The first kappa shape index (κ1) is 9.11. The van der Waals surface area contributed by atoms with E-state index in [2.05, 4.69) is 4.98 Å². The second-order valence-corrected chi connectivity index (χ2v) is 5.16. The van der Waals surface area contributed by atoms with Crippen LogP contribution in [0.5, 0.6) is 0 Å². The summed E-state index contributed by atoms with van der Waals surface area (Å²) in [5, 5.41) is 0.739. The number of nitrogen functional groups attached to an aromatic ring is 1. The van der Waals surface area contributed by atoms with Crippen molar-refractivity contribution in [2.75, 3.05) is 5.84 Å². The summed E-state index contributed by atoms with van der Waals surface area (Å²) in [5.74, 6) is 5.57. The summed E-state index contributed by atoms with van der Waals surface area (Å²) in [4.78, 5) is 17.1. The molecule has 0 fully saturated rings. The van der Waals surface area contributed by atoms with E-state index in [1.165, 1.54) is 10.4 Å². The second kappa shape index (κ2) is 2.93. The van der Waals surface area contributed by atoms with Gasteiger partial charge in [0.25, 0.3) is 5.56 Å². The van der Waals surface area contributed by atoms with Crippen molar-refractivity contribution in [2.45, 2.75) is 19.3 Å². The van der Waals surface area contributed by atoms with Gasteiger partial charge in [-0.15, -0.1) is 11.3 Å². The van der Waals surface area contributed by atoms with Crippen LogP contribution >= 0.6 is 23.6 Å². The minimum Gasteiger partial charge on any atom is -0.334 e. The highest BCUT2D eigenvalue weighted by Gasteiger charge is 2.20. The van der Waals surface area contributed by atoms with E-state index in [0.29, 0.717) is 0 Å². The van der Waals surface area contributed by atoms with Gasteiger partial charge in [-0.2, -0.15) is 4.68 Å². The first-order valence-corrected chi connectivity index (χ1v) is 5.95. The molecule has 2 aromatic rings. The van der Waals surface area contributed by atoms with Gasteiger partial charge < -0.3 is 10.8 Å². The number of fused-ring (bicyclic) bond motifs is 3. The van der Waals surface area contributed by atoms with E-state index >= 15 is 0 Å². The molecule has 15 heavy (non-hydrogen) atoms. The highest BCUT2D eigenvalue weighted by Crippen LogP contribution is 2.34. The summed E-state index contributed by atoms with van der Waals surface area (Å²) >= 11 is 6.60. The van der Waals surface area contributed by atoms with Crippen LogP contribution in [0.4, 0.5) is 0 Å². The standard InChI is InChI=1S/C9H9N3OS2/c10-12-8(13)6-4-2-1-3-5(4)15-7(6)11-9(12)14/h1-3,10H2,(H,11,14). The van der Waals surface area contributed by atoms with E-state index in [1.807, 2.05) is 0 Å². The van der Waals surface area contributed by atoms with Crippen molar-refractivity contribution < 1.29 is 0 Å². The Morgan fingerprint density at radius 3 is 3.07 bits per heavy atom. The number of thiophene rings is 1. The normalized spacial score (nSPS) is 14.7. The maximum Gasteiger partial charge on any atom is 0.281 e. The van der Waals surface area contributed by atoms with E-state index < -0.39 is 0 Å². The number of hydrogen-bond acceptors (Lipinski definition) is 4. The lowest BCUT2D eigenvalue weighted by atomic mass is 10.2. The molecule has 2 aromatic heterocycles. The van der Waals surface area contributed by atoms with Crippen LogP contribution in [0, 0.1) is 4.77 Å². The molecular formula is C9H9N3OS2. The van der Waals surface area contributed by atoms with Crippen LogP contribution in [-0.4, -0.2) is 9.66 Å².